The molecule has 0 spiro atoms. The molecule has 1 unspecified atom stereocenters. The van der Waals surface area contributed by atoms with Gasteiger partial charge in [0.1, 0.15) is 12.6 Å². The van der Waals surface area contributed by atoms with Gasteiger partial charge in [-0.1, -0.05) is 15.9 Å². The number of imidazole rings is 1. The molecule has 2 heterocycles. The molecule has 8 nitrogen and oxygen atoms in total. The van der Waals surface area contributed by atoms with Crippen LogP contribution >= 0.6 is 28.0 Å². The van der Waals surface area contributed by atoms with Gasteiger partial charge >= 0.3 is 13.6 Å². The van der Waals surface area contributed by atoms with Gasteiger partial charge in [-0.05, 0) is 28.8 Å². The van der Waals surface area contributed by atoms with Crippen molar-refractivity contribution in [3.8, 4) is 5.69 Å². The molecule has 0 saturated carbocycles. The van der Waals surface area contributed by atoms with Gasteiger partial charge in [-0.2, -0.15) is 0 Å². The first kappa shape index (κ1) is 16.7. The zero-order valence-corrected chi connectivity index (χ0v) is 14.8. The fourth-order valence-corrected chi connectivity index (χ4v) is 3.60. The van der Waals surface area contributed by atoms with Gasteiger partial charge in [-0.15, -0.1) is 0 Å². The Kier molecular flexibility index (Phi) is 4.45. The van der Waals surface area contributed by atoms with Gasteiger partial charge in [-0.25, -0.2) is 14.3 Å². The van der Waals surface area contributed by atoms with Gasteiger partial charge < -0.3 is 0 Å². The zero-order chi connectivity index (χ0) is 17.4. The molecule has 0 radical (unpaired) electrons. The van der Waals surface area contributed by atoms with Gasteiger partial charge in [0.2, 0.25) is 5.65 Å². The summed E-state index contributed by atoms with van der Waals surface area (Å²) in [7, 11) is -2.53. The van der Waals surface area contributed by atoms with E-state index in [1.54, 1.807) is 24.3 Å². The second-order valence-electron chi connectivity index (χ2n) is 4.83. The van der Waals surface area contributed by atoms with Crippen LogP contribution in [0.3, 0.4) is 0 Å². The summed E-state index contributed by atoms with van der Waals surface area (Å²) in [6, 6.07) is 6.66. The number of benzene rings is 1. The van der Waals surface area contributed by atoms with E-state index in [0.717, 1.165) is 8.90 Å². The summed E-state index contributed by atoms with van der Waals surface area (Å²) in [6.07, 6.45) is 1.03. The van der Waals surface area contributed by atoms with Crippen molar-refractivity contribution in [1.29, 1.82) is 0 Å². The number of aromatic nitrogens is 4. The van der Waals surface area contributed by atoms with Gasteiger partial charge in [0, 0.05) is 10.7 Å². The van der Waals surface area contributed by atoms with Gasteiger partial charge in [0.05, 0.1) is 0 Å². The van der Waals surface area contributed by atoms with Crippen molar-refractivity contribution in [2.75, 3.05) is 6.66 Å². The summed E-state index contributed by atoms with van der Waals surface area (Å²) >= 11 is 5.87. The number of hydrogen-bond donors (Lipinski definition) is 0. The second-order valence-corrected chi connectivity index (χ2v) is 7.13. The minimum Gasteiger partial charge on any atom is -0.293 e. The minimum absolute atomic E-state index is 0.0161. The van der Waals surface area contributed by atoms with Crippen molar-refractivity contribution < 1.29 is 9.13 Å². The highest BCUT2D eigenvalue weighted by molar-refractivity contribution is 7.42. The Bertz CT molecular complexity index is 1080. The lowest BCUT2D eigenvalue weighted by molar-refractivity contribution is 0.578. The highest BCUT2D eigenvalue weighted by Crippen LogP contribution is 2.23. The summed E-state index contributed by atoms with van der Waals surface area (Å²) in [6.45, 7) is 1.33. The second kappa shape index (κ2) is 6.40. The van der Waals surface area contributed by atoms with Crippen LogP contribution in [0.2, 0.25) is 5.02 Å². The smallest absolute Gasteiger partial charge is 0.293 e. The standard InChI is InChI=1S/C13H10ClN4O4P2/c1-24(22)18-11-10(12(19)17(7-23-21)13(18)20)16(6-15-11)9-4-2-8(14)3-5-9/h2-6H,7H2,1H3/q+1. The molecule has 3 rings (SSSR count). The topological polar surface area (TPSA) is 96.0 Å². The molecule has 0 fully saturated rings. The normalized spacial score (nSPS) is 12.0. The SMILES string of the molecule is C[P+](=O)n1c(=O)n(CP=O)c(=O)c2c1ncn2-c1ccc(Cl)cc1. The Labute approximate surface area is 142 Å². The number of hydrogen-bond acceptors (Lipinski definition) is 5. The van der Waals surface area contributed by atoms with Crippen LogP contribution in [0.1, 0.15) is 0 Å². The Morgan fingerprint density at radius 2 is 1.92 bits per heavy atom. The predicted octanol–water partition coefficient (Wildman–Crippen LogP) is 2.47. The molecular weight excluding hydrogens is 374 g/mol. The monoisotopic (exact) mass is 383 g/mol. The molecule has 0 aliphatic carbocycles. The molecule has 0 aliphatic heterocycles. The predicted molar refractivity (Wildman–Crippen MR) is 91.1 cm³/mol. The van der Waals surface area contributed by atoms with Gasteiger partial charge in [-0.3, -0.25) is 13.9 Å². The molecule has 0 amide bonds. The van der Waals surface area contributed by atoms with Crippen LogP contribution in [-0.4, -0.2) is 25.1 Å². The average Bonchev–Trinajstić information content (AvgIpc) is 2.96. The molecule has 24 heavy (non-hydrogen) atoms. The highest BCUT2D eigenvalue weighted by Gasteiger charge is 2.26. The van der Waals surface area contributed by atoms with Gasteiger partial charge in [0.25, 0.3) is 5.56 Å². The van der Waals surface area contributed by atoms with E-state index in [1.165, 1.54) is 17.6 Å². The first-order valence-electron chi connectivity index (χ1n) is 6.65. The lowest BCUT2D eigenvalue weighted by Crippen LogP contribution is -2.38. The third kappa shape index (κ3) is 2.63. The third-order valence-corrected chi connectivity index (χ3v) is 4.97. The highest BCUT2D eigenvalue weighted by atomic mass is 35.5. The average molecular weight is 384 g/mol. The number of halogens is 1. The summed E-state index contributed by atoms with van der Waals surface area (Å²) in [5.74, 6) is 0. The van der Waals surface area contributed by atoms with Crippen LogP contribution in [0.25, 0.3) is 16.9 Å². The maximum absolute atomic E-state index is 12.7. The molecule has 0 N–H and O–H groups in total. The summed E-state index contributed by atoms with van der Waals surface area (Å²) in [5.41, 5.74) is -0.769. The molecule has 0 bridgehead atoms. The van der Waals surface area contributed by atoms with E-state index in [-0.39, 0.29) is 17.4 Å². The Hall–Kier alpha value is -2.14. The van der Waals surface area contributed by atoms with Gasteiger partial charge in [0.15, 0.2) is 20.6 Å². The summed E-state index contributed by atoms with van der Waals surface area (Å²) in [5, 5.41) is 0.527. The number of nitrogens with zero attached hydrogens (tertiary/aromatic N) is 4. The van der Waals surface area contributed by atoms with Crippen molar-refractivity contribution in [1.82, 2.24) is 18.5 Å². The fraction of sp³-hybridized carbons (Fsp3) is 0.154. The molecule has 1 aromatic carbocycles. The maximum atomic E-state index is 12.7. The first-order chi connectivity index (χ1) is 11.5. The lowest BCUT2D eigenvalue weighted by Gasteiger charge is -2.05. The summed E-state index contributed by atoms with van der Waals surface area (Å²) < 4.78 is 26.1. The van der Waals surface area contributed by atoms with E-state index in [1.807, 2.05) is 0 Å². The molecule has 11 heteroatoms. The van der Waals surface area contributed by atoms with Crippen molar-refractivity contribution in [3.63, 3.8) is 0 Å². The lowest BCUT2D eigenvalue weighted by atomic mass is 10.3. The van der Waals surface area contributed by atoms with Crippen LogP contribution < -0.4 is 11.2 Å². The first-order valence-corrected chi connectivity index (χ1v) is 9.68. The van der Waals surface area contributed by atoms with Crippen LogP contribution in [0, 0.1) is 0 Å². The van der Waals surface area contributed by atoms with Crippen LogP contribution in [0.5, 0.6) is 0 Å². The van der Waals surface area contributed by atoms with Crippen LogP contribution in [0.4, 0.5) is 0 Å². The van der Waals surface area contributed by atoms with E-state index in [0.29, 0.717) is 10.7 Å². The van der Waals surface area contributed by atoms with Crippen molar-refractivity contribution in [2.45, 2.75) is 6.29 Å². The van der Waals surface area contributed by atoms with Crippen molar-refractivity contribution in [2.24, 2.45) is 0 Å². The summed E-state index contributed by atoms with van der Waals surface area (Å²) in [4.78, 5) is 29.1. The molecular formula is C13H10ClN4O4P2+. The molecule has 3 aromatic rings. The molecule has 0 saturated heterocycles. The Balaban J connectivity index is 2.45. The van der Waals surface area contributed by atoms with E-state index < -0.39 is 27.7 Å². The molecule has 1 atom stereocenters. The third-order valence-electron chi connectivity index (χ3n) is 3.39. The van der Waals surface area contributed by atoms with E-state index in [2.05, 4.69) is 4.98 Å². The Morgan fingerprint density at radius 3 is 2.50 bits per heavy atom. The van der Waals surface area contributed by atoms with E-state index in [9.17, 15) is 18.7 Å². The number of fused-ring (bicyclic) bond motifs is 1. The molecule has 0 aliphatic rings. The maximum Gasteiger partial charge on any atom is 0.469 e. The zero-order valence-electron chi connectivity index (χ0n) is 12.3. The molecule has 2 aromatic heterocycles. The largest absolute Gasteiger partial charge is 0.469 e. The fourth-order valence-electron chi connectivity index (χ4n) is 2.35. The van der Waals surface area contributed by atoms with Crippen molar-refractivity contribution >= 4 is 39.2 Å². The minimum atomic E-state index is -2.12. The van der Waals surface area contributed by atoms with Crippen molar-refractivity contribution in [3.05, 3.63) is 56.5 Å². The van der Waals surface area contributed by atoms with E-state index in [4.69, 9.17) is 11.6 Å². The Morgan fingerprint density at radius 1 is 1.25 bits per heavy atom. The number of rotatable bonds is 4. The van der Waals surface area contributed by atoms with Crippen LogP contribution in [0.15, 0.2) is 40.2 Å². The quantitative estimate of drug-likeness (QED) is 0.645. The van der Waals surface area contributed by atoms with Crippen LogP contribution in [-0.2, 0) is 15.4 Å². The van der Waals surface area contributed by atoms with E-state index >= 15 is 0 Å². The molecule has 122 valence electrons.